The molecule has 1 rings (SSSR count). The molecule has 0 heterocycles. The first-order valence-electron chi connectivity index (χ1n) is 5.45. The van der Waals surface area contributed by atoms with E-state index < -0.39 is 44.2 Å². The topological polar surface area (TPSA) is 89.3 Å². The molecule has 0 aromatic heterocycles. The zero-order valence-corrected chi connectivity index (χ0v) is 12.9. The summed E-state index contributed by atoms with van der Waals surface area (Å²) in [7, 11) is -4.45. The van der Waals surface area contributed by atoms with E-state index in [0.29, 0.717) is 0 Å². The molecular weight excluding hydrogens is 381 g/mol. The molecule has 0 fully saturated rings. The Hall–Kier alpha value is -1.20. The molecule has 0 aliphatic carbocycles. The van der Waals surface area contributed by atoms with E-state index in [2.05, 4.69) is 15.9 Å². The molecule has 0 aliphatic rings. The van der Waals surface area contributed by atoms with Gasteiger partial charge in [-0.25, -0.2) is 13.1 Å². The van der Waals surface area contributed by atoms with Crippen molar-refractivity contribution in [2.24, 2.45) is 0 Å². The summed E-state index contributed by atoms with van der Waals surface area (Å²) < 4.78 is 62.6. The molecular formula is C10H10BrF3N2O4S. The van der Waals surface area contributed by atoms with E-state index in [-0.39, 0.29) is 4.47 Å². The Kier molecular flexibility index (Phi) is 5.34. The smallest absolute Gasteiger partial charge is 0.258 e. The zero-order chi connectivity index (χ0) is 16.4. The van der Waals surface area contributed by atoms with Gasteiger partial charge >= 0.3 is 6.18 Å². The lowest BCUT2D eigenvalue weighted by atomic mass is 10.2. The third-order valence-electron chi connectivity index (χ3n) is 2.30. The van der Waals surface area contributed by atoms with Gasteiger partial charge in [0, 0.05) is 16.6 Å². The maximum atomic E-state index is 12.2. The third-order valence-corrected chi connectivity index (χ3v) is 4.41. The van der Waals surface area contributed by atoms with Crippen molar-refractivity contribution in [3.05, 3.63) is 32.8 Å². The largest absolute Gasteiger partial charge is 0.390 e. The molecule has 1 atom stereocenters. The molecule has 1 unspecified atom stereocenters. The first kappa shape index (κ1) is 17.9. The van der Waals surface area contributed by atoms with E-state index in [1.807, 2.05) is 0 Å². The molecule has 1 N–H and O–H groups in total. The second-order valence-corrected chi connectivity index (χ2v) is 6.81. The maximum absolute atomic E-state index is 12.2. The summed E-state index contributed by atoms with van der Waals surface area (Å²) in [5, 5.41) is 10.8. The van der Waals surface area contributed by atoms with Gasteiger partial charge in [0.1, 0.15) is 0 Å². The highest BCUT2D eigenvalue weighted by Crippen LogP contribution is 2.28. The van der Waals surface area contributed by atoms with E-state index in [0.717, 1.165) is 19.1 Å². The number of halogens is 4. The lowest BCUT2D eigenvalue weighted by Crippen LogP contribution is -2.36. The van der Waals surface area contributed by atoms with Crippen LogP contribution >= 0.6 is 15.9 Å². The van der Waals surface area contributed by atoms with Gasteiger partial charge in [-0.15, -0.1) is 0 Å². The molecule has 0 saturated heterocycles. The minimum Gasteiger partial charge on any atom is -0.258 e. The van der Waals surface area contributed by atoms with Gasteiger partial charge in [-0.05, 0) is 19.1 Å². The molecule has 11 heteroatoms. The number of rotatable bonds is 5. The van der Waals surface area contributed by atoms with Gasteiger partial charge in [-0.1, -0.05) is 15.9 Å². The lowest BCUT2D eigenvalue weighted by Gasteiger charge is -2.16. The van der Waals surface area contributed by atoms with Crippen LogP contribution < -0.4 is 4.72 Å². The van der Waals surface area contributed by atoms with Gasteiger partial charge in [-0.2, -0.15) is 13.2 Å². The average Bonchev–Trinajstić information content (AvgIpc) is 2.24. The molecule has 0 spiro atoms. The van der Waals surface area contributed by atoms with Gasteiger partial charge in [0.25, 0.3) is 5.69 Å². The van der Waals surface area contributed by atoms with Gasteiger partial charge in [0.15, 0.2) is 4.90 Å². The van der Waals surface area contributed by atoms with E-state index in [1.165, 1.54) is 6.07 Å². The van der Waals surface area contributed by atoms with Gasteiger partial charge in [-0.3, -0.25) is 10.1 Å². The number of sulfonamides is 1. The van der Waals surface area contributed by atoms with E-state index in [1.54, 1.807) is 4.72 Å². The Labute approximate surface area is 126 Å². The van der Waals surface area contributed by atoms with Crippen molar-refractivity contribution in [3.8, 4) is 0 Å². The van der Waals surface area contributed by atoms with Crippen LogP contribution in [0, 0.1) is 10.1 Å². The van der Waals surface area contributed by atoms with E-state index >= 15 is 0 Å². The van der Waals surface area contributed by atoms with Crippen LogP contribution in [0.3, 0.4) is 0 Å². The van der Waals surface area contributed by atoms with Crippen LogP contribution in [0.5, 0.6) is 0 Å². The van der Waals surface area contributed by atoms with E-state index in [9.17, 15) is 31.7 Å². The summed E-state index contributed by atoms with van der Waals surface area (Å²) in [6.07, 6.45) is -5.93. The molecule has 6 nitrogen and oxygen atoms in total. The highest BCUT2D eigenvalue weighted by Gasteiger charge is 2.33. The van der Waals surface area contributed by atoms with Crippen LogP contribution in [-0.4, -0.2) is 25.6 Å². The average molecular weight is 391 g/mol. The van der Waals surface area contributed by atoms with Crippen molar-refractivity contribution < 1.29 is 26.5 Å². The second-order valence-electron chi connectivity index (χ2n) is 4.21. The van der Waals surface area contributed by atoms with Crippen molar-refractivity contribution in [3.63, 3.8) is 0 Å². The summed E-state index contributed by atoms with van der Waals surface area (Å²) in [4.78, 5) is 9.19. The molecule has 0 bridgehead atoms. The SMILES string of the molecule is CC(CC(F)(F)F)NS(=O)(=O)c1cc(Br)ccc1[N+](=O)[O-]. The fourth-order valence-corrected chi connectivity index (χ4v) is 3.52. The van der Waals surface area contributed by atoms with Crippen LogP contribution in [0.1, 0.15) is 13.3 Å². The van der Waals surface area contributed by atoms with E-state index in [4.69, 9.17) is 0 Å². The molecule has 0 radical (unpaired) electrons. The predicted molar refractivity (Wildman–Crippen MR) is 71.3 cm³/mol. The number of hydrogen-bond acceptors (Lipinski definition) is 4. The summed E-state index contributed by atoms with van der Waals surface area (Å²) >= 11 is 2.96. The van der Waals surface area contributed by atoms with Crippen LogP contribution in [0.4, 0.5) is 18.9 Å². The number of nitro groups is 1. The first-order chi connectivity index (χ1) is 9.42. The highest BCUT2D eigenvalue weighted by molar-refractivity contribution is 9.10. The molecule has 118 valence electrons. The predicted octanol–water partition coefficient (Wildman–Crippen LogP) is 2.98. The fourth-order valence-electron chi connectivity index (χ4n) is 1.57. The minimum atomic E-state index is -4.55. The van der Waals surface area contributed by atoms with Gasteiger partial charge < -0.3 is 0 Å². The van der Waals surface area contributed by atoms with Crippen LogP contribution in [0.2, 0.25) is 0 Å². The Bertz CT molecular complexity index is 648. The van der Waals surface area contributed by atoms with Crippen molar-refractivity contribution >= 4 is 31.6 Å². The van der Waals surface area contributed by atoms with Crippen LogP contribution in [-0.2, 0) is 10.0 Å². The van der Waals surface area contributed by atoms with Crippen LogP contribution in [0.15, 0.2) is 27.6 Å². The van der Waals surface area contributed by atoms with Crippen molar-refractivity contribution in [1.29, 1.82) is 0 Å². The Balaban J connectivity index is 3.14. The summed E-state index contributed by atoms with van der Waals surface area (Å²) in [5.41, 5.74) is -0.718. The molecule has 1 aromatic carbocycles. The maximum Gasteiger partial charge on any atom is 0.390 e. The Morgan fingerprint density at radius 3 is 2.48 bits per heavy atom. The fraction of sp³-hybridized carbons (Fsp3) is 0.400. The number of alkyl halides is 3. The number of nitrogens with zero attached hydrogens (tertiary/aromatic N) is 1. The van der Waals surface area contributed by atoms with Gasteiger partial charge in [0.05, 0.1) is 11.3 Å². The highest BCUT2D eigenvalue weighted by atomic mass is 79.9. The first-order valence-corrected chi connectivity index (χ1v) is 7.73. The molecule has 0 saturated carbocycles. The molecule has 0 amide bonds. The minimum absolute atomic E-state index is 0.247. The summed E-state index contributed by atoms with van der Waals surface area (Å²) in [5.74, 6) is 0. The number of nitrogens with one attached hydrogen (secondary N) is 1. The van der Waals surface area contributed by atoms with Crippen molar-refractivity contribution in [1.82, 2.24) is 4.72 Å². The third kappa shape index (κ3) is 5.25. The van der Waals surface area contributed by atoms with Crippen LogP contribution in [0.25, 0.3) is 0 Å². The number of benzene rings is 1. The molecule has 0 aliphatic heterocycles. The normalized spacial score (nSPS) is 14.0. The van der Waals surface area contributed by atoms with Crippen molar-refractivity contribution in [2.75, 3.05) is 0 Å². The summed E-state index contributed by atoms with van der Waals surface area (Å²) in [6, 6.07) is 1.72. The standard InChI is InChI=1S/C10H10BrF3N2O4S/c1-6(5-10(12,13)14)15-21(19,20)9-4-7(11)2-3-8(9)16(17)18/h2-4,6,15H,5H2,1H3. The Morgan fingerprint density at radius 2 is 2.00 bits per heavy atom. The second kappa shape index (κ2) is 6.28. The van der Waals surface area contributed by atoms with Crippen molar-refractivity contribution in [2.45, 2.75) is 30.5 Å². The Morgan fingerprint density at radius 1 is 1.43 bits per heavy atom. The molecule has 1 aromatic rings. The molecule has 21 heavy (non-hydrogen) atoms. The quantitative estimate of drug-likeness (QED) is 0.618. The lowest BCUT2D eigenvalue weighted by molar-refractivity contribution is -0.387. The monoisotopic (exact) mass is 390 g/mol. The zero-order valence-electron chi connectivity index (χ0n) is 10.5. The number of nitro benzene ring substituents is 1. The summed E-state index contributed by atoms with van der Waals surface area (Å²) in [6.45, 7) is 1.02. The van der Waals surface area contributed by atoms with Gasteiger partial charge in [0.2, 0.25) is 10.0 Å². The number of hydrogen-bond donors (Lipinski definition) is 1.